The van der Waals surface area contributed by atoms with Crippen molar-refractivity contribution in [3.63, 3.8) is 0 Å². The molecule has 1 N–H and O–H groups in total. The third-order valence-electron chi connectivity index (χ3n) is 5.08. The van der Waals surface area contributed by atoms with Gasteiger partial charge < -0.3 is 4.74 Å². The topological polar surface area (TPSA) is 103 Å². The van der Waals surface area contributed by atoms with Crippen LogP contribution in [0.5, 0.6) is 0 Å². The minimum absolute atomic E-state index is 0.0231. The molecule has 0 spiro atoms. The Morgan fingerprint density at radius 2 is 1.97 bits per heavy atom. The molecule has 0 atom stereocenters. The highest BCUT2D eigenvalue weighted by atomic mass is 16.5. The quantitative estimate of drug-likeness (QED) is 0.526. The van der Waals surface area contributed by atoms with Gasteiger partial charge in [0.25, 0.3) is 5.56 Å². The van der Waals surface area contributed by atoms with Gasteiger partial charge in [0.1, 0.15) is 0 Å². The summed E-state index contributed by atoms with van der Waals surface area (Å²) in [5.41, 5.74) is 3.10. The van der Waals surface area contributed by atoms with E-state index in [1.807, 2.05) is 36.6 Å². The van der Waals surface area contributed by atoms with Crippen LogP contribution in [0.4, 0.5) is 0 Å². The first kappa shape index (κ1) is 18.7. The van der Waals surface area contributed by atoms with E-state index < -0.39 is 11.2 Å². The predicted octanol–water partition coefficient (Wildman–Crippen LogP) is 1.39. The number of ether oxygens (including phenoxy) is 1. The Morgan fingerprint density at radius 1 is 1.21 bits per heavy atom. The number of hydrogen-bond donors (Lipinski definition) is 1. The second kappa shape index (κ2) is 6.77. The Labute approximate surface area is 165 Å². The first-order chi connectivity index (χ1) is 13.8. The summed E-state index contributed by atoms with van der Waals surface area (Å²) in [6.45, 7) is 6.05. The third kappa shape index (κ3) is 2.95. The Hall–Kier alpha value is -3.62. The molecule has 3 heterocycles. The Bertz CT molecular complexity index is 1390. The fraction of sp³-hybridized carbons (Fsp3) is 0.300. The largest absolute Gasteiger partial charge is 0.466 e. The zero-order chi connectivity index (χ0) is 20.9. The molecule has 150 valence electrons. The second-order valence-corrected chi connectivity index (χ2v) is 6.98. The van der Waals surface area contributed by atoms with Crippen molar-refractivity contribution in [3.8, 4) is 5.69 Å². The molecule has 0 saturated heterocycles. The van der Waals surface area contributed by atoms with Gasteiger partial charge in [0.05, 0.1) is 18.7 Å². The summed E-state index contributed by atoms with van der Waals surface area (Å²) in [4.78, 5) is 43.5. The summed E-state index contributed by atoms with van der Waals surface area (Å²) in [6.07, 6.45) is 1.71. The number of nitrogens with zero attached hydrogens (tertiary/aromatic N) is 4. The minimum atomic E-state index is -0.535. The number of aromatic nitrogens is 5. The predicted molar refractivity (Wildman–Crippen MR) is 108 cm³/mol. The summed E-state index contributed by atoms with van der Waals surface area (Å²) in [6, 6.07) is 5.91. The van der Waals surface area contributed by atoms with Gasteiger partial charge in [0, 0.05) is 18.9 Å². The number of aryl methyl sites for hydroxylation is 3. The van der Waals surface area contributed by atoms with E-state index in [1.165, 1.54) is 4.57 Å². The van der Waals surface area contributed by atoms with Gasteiger partial charge in [-0.15, -0.1) is 0 Å². The van der Waals surface area contributed by atoms with Crippen LogP contribution in [0.2, 0.25) is 0 Å². The van der Waals surface area contributed by atoms with Crippen LogP contribution in [0, 0.1) is 13.8 Å². The summed E-state index contributed by atoms with van der Waals surface area (Å²) in [5, 5.41) is 0. The number of imidazole rings is 2. The highest BCUT2D eigenvalue weighted by molar-refractivity contribution is 5.78. The molecule has 0 aliphatic rings. The summed E-state index contributed by atoms with van der Waals surface area (Å²) in [7, 11) is 1.55. The zero-order valence-electron chi connectivity index (χ0n) is 16.6. The van der Waals surface area contributed by atoms with E-state index in [0.717, 1.165) is 16.8 Å². The molecule has 9 heteroatoms. The lowest BCUT2D eigenvalue weighted by Crippen LogP contribution is -2.28. The molecule has 9 nitrogen and oxygen atoms in total. The van der Waals surface area contributed by atoms with Gasteiger partial charge in [0.15, 0.2) is 11.2 Å². The van der Waals surface area contributed by atoms with Crippen LogP contribution in [0.1, 0.15) is 23.7 Å². The van der Waals surface area contributed by atoms with E-state index in [9.17, 15) is 14.4 Å². The van der Waals surface area contributed by atoms with E-state index >= 15 is 0 Å². The molecular weight excluding hydrogens is 374 g/mol. The maximum Gasteiger partial charge on any atom is 0.329 e. The lowest BCUT2D eigenvalue weighted by molar-refractivity contribution is -0.142. The summed E-state index contributed by atoms with van der Waals surface area (Å²) >= 11 is 0. The molecule has 4 rings (SSSR count). The molecule has 0 fully saturated rings. The zero-order valence-corrected chi connectivity index (χ0v) is 16.6. The molecule has 1 aromatic carbocycles. The molecule has 3 aromatic heterocycles. The number of rotatable bonds is 4. The average molecular weight is 395 g/mol. The molecule has 0 bridgehead atoms. The Balaban J connectivity index is 2.07. The van der Waals surface area contributed by atoms with E-state index in [2.05, 4.69) is 9.97 Å². The molecule has 29 heavy (non-hydrogen) atoms. The van der Waals surface area contributed by atoms with Crippen molar-refractivity contribution in [1.82, 2.24) is 23.5 Å². The van der Waals surface area contributed by atoms with Crippen LogP contribution < -0.4 is 11.2 Å². The van der Waals surface area contributed by atoms with Gasteiger partial charge in [-0.3, -0.25) is 28.1 Å². The van der Waals surface area contributed by atoms with E-state index in [0.29, 0.717) is 11.5 Å². The van der Waals surface area contributed by atoms with Gasteiger partial charge in [0.2, 0.25) is 5.78 Å². The van der Waals surface area contributed by atoms with Gasteiger partial charge in [-0.05, 0) is 44.0 Å². The van der Waals surface area contributed by atoms with Crippen LogP contribution in [0.3, 0.4) is 0 Å². The third-order valence-corrected chi connectivity index (χ3v) is 5.08. The SMILES string of the molecule is CCOC(=O)Cc1cn2c3c(=O)[nH]c(=O)n(C)c3nc2n1-c1ccc(C)c(C)c1. The maximum atomic E-state index is 12.5. The first-order valence-electron chi connectivity index (χ1n) is 9.26. The highest BCUT2D eigenvalue weighted by Crippen LogP contribution is 2.23. The maximum absolute atomic E-state index is 12.5. The van der Waals surface area contributed by atoms with Crippen LogP contribution in [-0.4, -0.2) is 36.1 Å². The van der Waals surface area contributed by atoms with Gasteiger partial charge in [-0.25, -0.2) is 4.79 Å². The number of carbonyl (C=O) groups is 1. The van der Waals surface area contributed by atoms with Crippen molar-refractivity contribution in [1.29, 1.82) is 0 Å². The molecule has 0 radical (unpaired) electrons. The van der Waals surface area contributed by atoms with Crippen molar-refractivity contribution in [3.05, 3.63) is 62.1 Å². The van der Waals surface area contributed by atoms with Crippen LogP contribution >= 0.6 is 0 Å². The molecule has 0 aliphatic heterocycles. The van der Waals surface area contributed by atoms with E-state index in [-0.39, 0.29) is 30.2 Å². The lowest BCUT2D eigenvalue weighted by Gasteiger charge is -2.10. The van der Waals surface area contributed by atoms with E-state index in [4.69, 9.17) is 4.74 Å². The molecule has 0 aliphatic carbocycles. The molecule has 0 saturated carbocycles. The number of carbonyl (C=O) groups excluding carboxylic acids is 1. The number of aromatic amines is 1. The lowest BCUT2D eigenvalue weighted by atomic mass is 10.1. The first-order valence-corrected chi connectivity index (χ1v) is 9.26. The minimum Gasteiger partial charge on any atom is -0.466 e. The summed E-state index contributed by atoms with van der Waals surface area (Å²) < 4.78 is 9.82. The summed E-state index contributed by atoms with van der Waals surface area (Å²) in [5.74, 6) is 0.0678. The smallest absolute Gasteiger partial charge is 0.329 e. The fourth-order valence-electron chi connectivity index (χ4n) is 3.44. The van der Waals surface area contributed by atoms with Gasteiger partial charge >= 0.3 is 11.7 Å². The van der Waals surface area contributed by atoms with Crippen molar-refractivity contribution in [2.24, 2.45) is 7.05 Å². The molecule has 4 aromatic rings. The number of hydrogen-bond acceptors (Lipinski definition) is 5. The fourth-order valence-corrected chi connectivity index (χ4v) is 3.44. The average Bonchev–Trinajstić information content (AvgIpc) is 3.18. The van der Waals surface area contributed by atoms with Gasteiger partial charge in [-0.1, -0.05) is 6.07 Å². The normalized spacial score (nSPS) is 11.4. The standard InChI is InChI=1S/C20H21N5O4/c1-5-29-15(26)9-14-10-24-16-17(23(4)20(28)22-18(16)27)21-19(24)25(14)13-7-6-11(2)12(3)8-13/h6-8,10H,5,9H2,1-4H3,(H,22,27,28). The van der Waals surface area contributed by atoms with Gasteiger partial charge in [-0.2, -0.15) is 4.98 Å². The monoisotopic (exact) mass is 395 g/mol. The number of esters is 1. The van der Waals surface area contributed by atoms with Crippen molar-refractivity contribution in [2.75, 3.05) is 6.61 Å². The van der Waals surface area contributed by atoms with Crippen LogP contribution in [-0.2, 0) is 23.0 Å². The van der Waals surface area contributed by atoms with Crippen molar-refractivity contribution >= 4 is 22.9 Å². The molecular formula is C20H21N5O4. The number of H-pyrrole nitrogens is 1. The Kier molecular flexibility index (Phi) is 4.37. The number of benzene rings is 1. The van der Waals surface area contributed by atoms with E-state index in [1.54, 1.807) is 24.6 Å². The molecule has 0 unspecified atom stereocenters. The second-order valence-electron chi connectivity index (χ2n) is 6.98. The number of nitrogens with one attached hydrogen (secondary N) is 1. The Morgan fingerprint density at radius 3 is 2.66 bits per heavy atom. The van der Waals surface area contributed by atoms with Crippen molar-refractivity contribution < 1.29 is 9.53 Å². The van der Waals surface area contributed by atoms with Crippen LogP contribution in [0.25, 0.3) is 22.6 Å². The van der Waals surface area contributed by atoms with Crippen molar-refractivity contribution in [2.45, 2.75) is 27.2 Å². The molecule has 0 amide bonds. The highest BCUT2D eigenvalue weighted by Gasteiger charge is 2.21. The van der Waals surface area contributed by atoms with Crippen LogP contribution in [0.15, 0.2) is 34.0 Å². The number of fused-ring (bicyclic) bond motifs is 3.